The molecule has 0 radical (unpaired) electrons. The highest BCUT2D eigenvalue weighted by Gasteiger charge is 2.17. The lowest BCUT2D eigenvalue weighted by Gasteiger charge is -2.13. The first-order valence-corrected chi connectivity index (χ1v) is 6.20. The molecule has 1 atom stereocenters. The maximum Gasteiger partial charge on any atom is 0.376 e. The lowest BCUT2D eigenvalue weighted by molar-refractivity contribution is 0.299. The molecular formula is C10H13O3P. The van der Waals surface area contributed by atoms with Crippen LogP contribution in [0.25, 0.3) is 0 Å². The summed E-state index contributed by atoms with van der Waals surface area (Å²) in [5.74, 6) is 0.544. The fraction of sp³-hybridized carbons (Fsp3) is 0.200. The Labute approximate surface area is 83.9 Å². The number of para-hydroxylation sites is 1. The Morgan fingerprint density at radius 3 is 2.64 bits per heavy atom. The highest BCUT2D eigenvalue weighted by Crippen LogP contribution is 2.43. The van der Waals surface area contributed by atoms with Gasteiger partial charge in [-0.15, -0.1) is 6.58 Å². The standard InChI is InChI=1S/C10H13O3P/c1-3-9-12-14(2,11)13-10-7-5-4-6-8-10/h3-8H,1,9H2,2H3. The SMILES string of the molecule is C=CCOP(C)(=O)Oc1ccccc1. The Bertz CT molecular complexity index is 334. The van der Waals surface area contributed by atoms with Crippen LogP contribution < -0.4 is 4.52 Å². The van der Waals surface area contributed by atoms with Gasteiger partial charge in [0, 0.05) is 6.66 Å². The molecule has 0 aliphatic rings. The first-order valence-electron chi connectivity index (χ1n) is 4.21. The van der Waals surface area contributed by atoms with Crippen molar-refractivity contribution < 1.29 is 13.6 Å². The molecule has 76 valence electrons. The molecule has 0 N–H and O–H groups in total. The number of benzene rings is 1. The average molecular weight is 212 g/mol. The molecule has 0 aliphatic heterocycles. The van der Waals surface area contributed by atoms with Crippen LogP contribution in [0.2, 0.25) is 0 Å². The van der Waals surface area contributed by atoms with Crippen LogP contribution >= 0.6 is 7.60 Å². The van der Waals surface area contributed by atoms with Crippen LogP contribution in [0.5, 0.6) is 5.75 Å². The van der Waals surface area contributed by atoms with Crippen molar-refractivity contribution in [3.05, 3.63) is 43.0 Å². The Balaban J connectivity index is 2.59. The summed E-state index contributed by atoms with van der Waals surface area (Å²) < 4.78 is 21.8. The van der Waals surface area contributed by atoms with E-state index in [1.165, 1.54) is 12.7 Å². The van der Waals surface area contributed by atoms with Gasteiger partial charge < -0.3 is 4.52 Å². The molecular weight excluding hydrogens is 199 g/mol. The second-order valence-electron chi connectivity index (χ2n) is 2.76. The molecule has 0 saturated heterocycles. The molecule has 0 spiro atoms. The molecule has 3 nitrogen and oxygen atoms in total. The van der Waals surface area contributed by atoms with Crippen LogP contribution in [0.4, 0.5) is 0 Å². The third-order valence-electron chi connectivity index (χ3n) is 1.44. The van der Waals surface area contributed by atoms with Crippen LogP contribution in [-0.4, -0.2) is 13.3 Å². The third kappa shape index (κ3) is 3.77. The molecule has 1 unspecified atom stereocenters. The lowest BCUT2D eigenvalue weighted by Crippen LogP contribution is -1.96. The van der Waals surface area contributed by atoms with Crippen molar-refractivity contribution in [3.8, 4) is 5.75 Å². The highest BCUT2D eigenvalue weighted by atomic mass is 31.2. The molecule has 1 aromatic carbocycles. The normalized spacial score (nSPS) is 14.4. The quantitative estimate of drug-likeness (QED) is 0.555. The van der Waals surface area contributed by atoms with Crippen LogP contribution in [-0.2, 0) is 9.09 Å². The van der Waals surface area contributed by atoms with E-state index in [0.717, 1.165) is 0 Å². The molecule has 14 heavy (non-hydrogen) atoms. The lowest BCUT2D eigenvalue weighted by atomic mass is 10.3. The van der Waals surface area contributed by atoms with Crippen molar-refractivity contribution in [2.75, 3.05) is 13.3 Å². The van der Waals surface area contributed by atoms with E-state index < -0.39 is 7.60 Å². The Hall–Kier alpha value is -1.05. The number of hydrogen-bond donors (Lipinski definition) is 0. The van der Waals surface area contributed by atoms with E-state index in [-0.39, 0.29) is 6.61 Å². The van der Waals surface area contributed by atoms with Crippen LogP contribution in [0, 0.1) is 0 Å². The molecule has 0 fully saturated rings. The first kappa shape index (κ1) is 11.0. The third-order valence-corrected chi connectivity index (χ3v) is 2.60. The van der Waals surface area contributed by atoms with Gasteiger partial charge in [0.05, 0.1) is 6.61 Å². The second-order valence-corrected chi connectivity index (χ2v) is 4.74. The van der Waals surface area contributed by atoms with E-state index in [9.17, 15) is 4.57 Å². The van der Waals surface area contributed by atoms with Gasteiger partial charge in [-0.25, -0.2) is 4.57 Å². The summed E-state index contributed by atoms with van der Waals surface area (Å²) in [5.41, 5.74) is 0. The van der Waals surface area contributed by atoms with Crippen molar-refractivity contribution >= 4 is 7.60 Å². The van der Waals surface area contributed by atoms with Crippen molar-refractivity contribution in [1.82, 2.24) is 0 Å². The van der Waals surface area contributed by atoms with E-state index >= 15 is 0 Å². The van der Waals surface area contributed by atoms with Gasteiger partial charge >= 0.3 is 7.60 Å². The number of hydrogen-bond acceptors (Lipinski definition) is 3. The van der Waals surface area contributed by atoms with Gasteiger partial charge in [-0.05, 0) is 12.1 Å². The summed E-state index contributed by atoms with van der Waals surface area (Å²) in [6, 6.07) is 8.94. The van der Waals surface area contributed by atoms with Gasteiger partial charge in [0.1, 0.15) is 5.75 Å². The second kappa shape index (κ2) is 4.99. The van der Waals surface area contributed by atoms with Crippen molar-refractivity contribution in [1.29, 1.82) is 0 Å². The summed E-state index contributed by atoms with van der Waals surface area (Å²) in [7, 11) is -3.00. The topological polar surface area (TPSA) is 35.5 Å². The van der Waals surface area contributed by atoms with E-state index in [1.54, 1.807) is 12.1 Å². The van der Waals surface area contributed by atoms with Gasteiger partial charge in [-0.2, -0.15) is 0 Å². The molecule has 0 aromatic heterocycles. The fourth-order valence-corrected chi connectivity index (χ4v) is 1.82. The largest absolute Gasteiger partial charge is 0.425 e. The van der Waals surface area contributed by atoms with E-state index in [4.69, 9.17) is 9.05 Å². The fourth-order valence-electron chi connectivity index (χ4n) is 0.887. The van der Waals surface area contributed by atoms with Crippen molar-refractivity contribution in [3.63, 3.8) is 0 Å². The molecule has 0 bridgehead atoms. The molecule has 1 aromatic rings. The van der Waals surface area contributed by atoms with Crippen molar-refractivity contribution in [2.45, 2.75) is 0 Å². The van der Waals surface area contributed by atoms with Crippen LogP contribution in [0.1, 0.15) is 0 Å². The molecule has 0 amide bonds. The highest BCUT2D eigenvalue weighted by molar-refractivity contribution is 7.53. The predicted molar refractivity (Wildman–Crippen MR) is 56.7 cm³/mol. The maximum atomic E-state index is 11.6. The van der Waals surface area contributed by atoms with Gasteiger partial charge in [-0.3, -0.25) is 4.52 Å². The summed E-state index contributed by atoms with van der Waals surface area (Å²) in [6.07, 6.45) is 1.53. The minimum absolute atomic E-state index is 0.223. The summed E-state index contributed by atoms with van der Waals surface area (Å²) in [6.45, 7) is 5.13. The Kier molecular flexibility index (Phi) is 3.93. The summed E-state index contributed by atoms with van der Waals surface area (Å²) in [5, 5.41) is 0. The Morgan fingerprint density at radius 1 is 1.43 bits per heavy atom. The molecule has 0 heterocycles. The average Bonchev–Trinajstić information content (AvgIpc) is 2.16. The van der Waals surface area contributed by atoms with Gasteiger partial charge in [-0.1, -0.05) is 24.3 Å². The van der Waals surface area contributed by atoms with Gasteiger partial charge in [0.25, 0.3) is 0 Å². The molecule has 4 heteroatoms. The van der Waals surface area contributed by atoms with Crippen LogP contribution in [0.15, 0.2) is 43.0 Å². The van der Waals surface area contributed by atoms with E-state index in [2.05, 4.69) is 6.58 Å². The maximum absolute atomic E-state index is 11.6. The van der Waals surface area contributed by atoms with Crippen LogP contribution in [0.3, 0.4) is 0 Å². The summed E-state index contributed by atoms with van der Waals surface area (Å²) >= 11 is 0. The summed E-state index contributed by atoms with van der Waals surface area (Å²) in [4.78, 5) is 0. The smallest absolute Gasteiger partial charge is 0.376 e. The van der Waals surface area contributed by atoms with Gasteiger partial charge in [0.15, 0.2) is 0 Å². The molecule has 0 saturated carbocycles. The first-order chi connectivity index (χ1) is 6.64. The van der Waals surface area contributed by atoms with E-state index in [1.807, 2.05) is 18.2 Å². The van der Waals surface area contributed by atoms with Crippen molar-refractivity contribution in [2.24, 2.45) is 0 Å². The van der Waals surface area contributed by atoms with Gasteiger partial charge in [0.2, 0.25) is 0 Å². The minimum atomic E-state index is -3.00. The monoisotopic (exact) mass is 212 g/mol. The zero-order chi connectivity index (χ0) is 10.4. The molecule has 0 aliphatic carbocycles. The zero-order valence-corrected chi connectivity index (χ0v) is 8.94. The number of rotatable bonds is 5. The van der Waals surface area contributed by atoms with E-state index in [0.29, 0.717) is 5.75 Å². The molecule has 1 rings (SSSR count). The zero-order valence-electron chi connectivity index (χ0n) is 8.05. The minimum Gasteiger partial charge on any atom is -0.425 e. The predicted octanol–water partition coefficient (Wildman–Crippen LogP) is 3.09. The Morgan fingerprint density at radius 2 is 2.07 bits per heavy atom.